The second-order valence-electron chi connectivity index (χ2n) is 4.40. The summed E-state index contributed by atoms with van der Waals surface area (Å²) < 4.78 is 5.58. The summed E-state index contributed by atoms with van der Waals surface area (Å²) in [5, 5.41) is 10.9. The van der Waals surface area contributed by atoms with Gasteiger partial charge in [0.1, 0.15) is 0 Å². The van der Waals surface area contributed by atoms with Gasteiger partial charge in [-0.05, 0) is 32.9 Å². The lowest BCUT2D eigenvalue weighted by Gasteiger charge is -2.07. The van der Waals surface area contributed by atoms with Crippen LogP contribution in [0.5, 0.6) is 0 Å². The molecule has 2 rings (SSSR count). The van der Waals surface area contributed by atoms with Crippen LogP contribution >= 0.6 is 11.8 Å². The van der Waals surface area contributed by atoms with Gasteiger partial charge in [0.15, 0.2) is 0 Å². The Hall–Kier alpha value is -1.82. The Morgan fingerprint density at radius 3 is 2.95 bits per heavy atom. The SMILES string of the molecule is CCNC(=O)[C@@H](C)Sc1nnc(-c2cccc(C)c2)o1. The van der Waals surface area contributed by atoms with Crippen LogP contribution in [0.4, 0.5) is 0 Å². The molecule has 0 aliphatic carbocycles. The first-order chi connectivity index (χ1) is 9.60. The predicted molar refractivity (Wildman–Crippen MR) is 78.5 cm³/mol. The largest absolute Gasteiger partial charge is 0.411 e. The molecule has 1 heterocycles. The summed E-state index contributed by atoms with van der Waals surface area (Å²) in [6.45, 7) is 6.32. The Kier molecular flexibility index (Phi) is 4.79. The smallest absolute Gasteiger partial charge is 0.277 e. The van der Waals surface area contributed by atoms with E-state index < -0.39 is 0 Å². The number of nitrogens with one attached hydrogen (secondary N) is 1. The molecule has 0 saturated carbocycles. The van der Waals surface area contributed by atoms with Crippen molar-refractivity contribution in [2.45, 2.75) is 31.2 Å². The number of aryl methyl sites for hydroxylation is 1. The number of benzene rings is 1. The van der Waals surface area contributed by atoms with Gasteiger partial charge < -0.3 is 9.73 Å². The molecule has 1 aromatic carbocycles. The van der Waals surface area contributed by atoms with Crippen molar-refractivity contribution in [2.75, 3.05) is 6.54 Å². The lowest BCUT2D eigenvalue weighted by molar-refractivity contribution is -0.120. The molecule has 106 valence electrons. The van der Waals surface area contributed by atoms with Crippen LogP contribution in [0.2, 0.25) is 0 Å². The molecule has 1 N–H and O–H groups in total. The number of rotatable bonds is 5. The molecule has 0 aliphatic heterocycles. The number of nitrogens with zero attached hydrogens (tertiary/aromatic N) is 2. The molecule has 0 saturated heterocycles. The van der Waals surface area contributed by atoms with Crippen LogP contribution in [0, 0.1) is 6.92 Å². The number of thioether (sulfide) groups is 1. The van der Waals surface area contributed by atoms with E-state index in [1.54, 1.807) is 0 Å². The summed E-state index contributed by atoms with van der Waals surface area (Å²) in [5.41, 5.74) is 2.01. The highest BCUT2D eigenvalue weighted by Crippen LogP contribution is 2.26. The fourth-order valence-corrected chi connectivity index (χ4v) is 2.38. The van der Waals surface area contributed by atoms with Crippen molar-refractivity contribution in [3.63, 3.8) is 0 Å². The van der Waals surface area contributed by atoms with Gasteiger partial charge >= 0.3 is 0 Å². The normalized spacial score (nSPS) is 12.2. The summed E-state index contributed by atoms with van der Waals surface area (Å²) in [5.74, 6) is 0.437. The zero-order chi connectivity index (χ0) is 14.5. The molecule has 20 heavy (non-hydrogen) atoms. The molecule has 1 atom stereocenters. The fraction of sp³-hybridized carbons (Fsp3) is 0.357. The van der Waals surface area contributed by atoms with Gasteiger partial charge in [-0.25, -0.2) is 0 Å². The zero-order valence-electron chi connectivity index (χ0n) is 11.7. The van der Waals surface area contributed by atoms with E-state index in [4.69, 9.17) is 4.42 Å². The quantitative estimate of drug-likeness (QED) is 0.858. The Balaban J connectivity index is 2.08. The molecule has 1 amide bonds. The van der Waals surface area contributed by atoms with E-state index in [0.717, 1.165) is 11.1 Å². The Bertz CT molecular complexity index is 598. The van der Waals surface area contributed by atoms with Crippen LogP contribution in [0.15, 0.2) is 33.9 Å². The molecule has 0 radical (unpaired) electrons. The van der Waals surface area contributed by atoms with Crippen molar-refractivity contribution in [2.24, 2.45) is 0 Å². The Labute approximate surface area is 122 Å². The van der Waals surface area contributed by atoms with Gasteiger partial charge in [0.2, 0.25) is 11.8 Å². The van der Waals surface area contributed by atoms with Crippen molar-refractivity contribution >= 4 is 17.7 Å². The zero-order valence-corrected chi connectivity index (χ0v) is 12.5. The van der Waals surface area contributed by atoms with Crippen LogP contribution in [0.1, 0.15) is 19.4 Å². The molecule has 1 aromatic heterocycles. The minimum atomic E-state index is -0.263. The third kappa shape index (κ3) is 3.60. The molecule has 0 aliphatic rings. The van der Waals surface area contributed by atoms with Gasteiger partial charge in [-0.2, -0.15) is 0 Å². The summed E-state index contributed by atoms with van der Waals surface area (Å²) in [7, 11) is 0. The third-order valence-corrected chi connectivity index (χ3v) is 3.60. The maximum Gasteiger partial charge on any atom is 0.277 e. The number of hydrogen-bond donors (Lipinski definition) is 1. The van der Waals surface area contributed by atoms with Crippen molar-refractivity contribution in [1.82, 2.24) is 15.5 Å². The number of amides is 1. The third-order valence-electron chi connectivity index (χ3n) is 2.67. The standard InChI is InChI=1S/C14H17N3O2S/c1-4-15-12(18)10(3)20-14-17-16-13(19-14)11-7-5-6-9(2)8-11/h5-8,10H,4H2,1-3H3,(H,15,18)/t10-/m1/s1. The van der Waals surface area contributed by atoms with Crippen molar-refractivity contribution < 1.29 is 9.21 Å². The maximum atomic E-state index is 11.6. The van der Waals surface area contributed by atoms with E-state index in [2.05, 4.69) is 15.5 Å². The average Bonchev–Trinajstić information content (AvgIpc) is 2.87. The topological polar surface area (TPSA) is 68.0 Å². The van der Waals surface area contributed by atoms with Crippen LogP contribution < -0.4 is 5.32 Å². The molecular formula is C14H17N3O2S. The number of carbonyl (C=O) groups excluding carboxylic acids is 1. The van der Waals surface area contributed by atoms with Crippen LogP contribution in [0.3, 0.4) is 0 Å². The lowest BCUT2D eigenvalue weighted by Crippen LogP contribution is -2.30. The van der Waals surface area contributed by atoms with Crippen LogP contribution in [-0.4, -0.2) is 27.9 Å². The number of aromatic nitrogens is 2. The first kappa shape index (κ1) is 14.6. The van der Waals surface area contributed by atoms with Crippen molar-refractivity contribution in [3.8, 4) is 11.5 Å². The average molecular weight is 291 g/mol. The number of hydrogen-bond acceptors (Lipinski definition) is 5. The molecule has 6 heteroatoms. The molecule has 0 unspecified atom stereocenters. The highest BCUT2D eigenvalue weighted by molar-refractivity contribution is 8.00. The first-order valence-electron chi connectivity index (χ1n) is 6.45. The van der Waals surface area contributed by atoms with Gasteiger partial charge in [0.05, 0.1) is 5.25 Å². The minimum Gasteiger partial charge on any atom is -0.411 e. The van der Waals surface area contributed by atoms with Gasteiger partial charge in [-0.1, -0.05) is 29.5 Å². The highest BCUT2D eigenvalue weighted by Gasteiger charge is 2.18. The van der Waals surface area contributed by atoms with Gasteiger partial charge in [-0.3, -0.25) is 4.79 Å². The summed E-state index contributed by atoms with van der Waals surface area (Å²) in [6.07, 6.45) is 0. The van der Waals surface area contributed by atoms with Gasteiger partial charge in [-0.15, -0.1) is 10.2 Å². The van der Waals surface area contributed by atoms with Gasteiger partial charge in [0, 0.05) is 12.1 Å². The van der Waals surface area contributed by atoms with Crippen LogP contribution in [0.25, 0.3) is 11.5 Å². The molecule has 0 spiro atoms. The van der Waals surface area contributed by atoms with E-state index >= 15 is 0 Å². The monoisotopic (exact) mass is 291 g/mol. The molecule has 0 fully saturated rings. The Morgan fingerprint density at radius 2 is 2.25 bits per heavy atom. The van der Waals surface area contributed by atoms with E-state index in [0.29, 0.717) is 17.7 Å². The first-order valence-corrected chi connectivity index (χ1v) is 7.33. The molecule has 2 aromatic rings. The van der Waals surface area contributed by atoms with E-state index in [1.807, 2.05) is 45.0 Å². The van der Waals surface area contributed by atoms with Crippen LogP contribution in [-0.2, 0) is 4.79 Å². The minimum absolute atomic E-state index is 0.0344. The Morgan fingerprint density at radius 1 is 1.45 bits per heavy atom. The lowest BCUT2D eigenvalue weighted by atomic mass is 10.1. The van der Waals surface area contributed by atoms with Gasteiger partial charge in [0.25, 0.3) is 5.22 Å². The predicted octanol–water partition coefficient (Wildman–Crippen LogP) is 2.66. The number of carbonyl (C=O) groups is 1. The van der Waals surface area contributed by atoms with E-state index in [9.17, 15) is 4.79 Å². The summed E-state index contributed by atoms with van der Waals surface area (Å²) in [4.78, 5) is 11.6. The summed E-state index contributed by atoms with van der Waals surface area (Å²) >= 11 is 1.26. The molecule has 0 bridgehead atoms. The van der Waals surface area contributed by atoms with E-state index in [1.165, 1.54) is 11.8 Å². The molecule has 5 nitrogen and oxygen atoms in total. The second-order valence-corrected chi connectivity index (χ2v) is 5.69. The summed E-state index contributed by atoms with van der Waals surface area (Å²) in [6, 6.07) is 7.85. The van der Waals surface area contributed by atoms with E-state index in [-0.39, 0.29) is 11.2 Å². The highest BCUT2D eigenvalue weighted by atomic mass is 32.2. The van der Waals surface area contributed by atoms with Crippen molar-refractivity contribution in [1.29, 1.82) is 0 Å². The van der Waals surface area contributed by atoms with Crippen molar-refractivity contribution in [3.05, 3.63) is 29.8 Å². The fourth-order valence-electron chi connectivity index (χ4n) is 1.67. The second kappa shape index (κ2) is 6.56. The molecular weight excluding hydrogens is 274 g/mol. The maximum absolute atomic E-state index is 11.6.